The topological polar surface area (TPSA) is 96.0 Å². The van der Waals surface area contributed by atoms with Crippen molar-refractivity contribution in [3.8, 4) is 5.75 Å². The summed E-state index contributed by atoms with van der Waals surface area (Å²) in [6.45, 7) is 5.46. The summed E-state index contributed by atoms with van der Waals surface area (Å²) in [6.07, 6.45) is 1.62. The number of halogens is 1. The van der Waals surface area contributed by atoms with Gasteiger partial charge in [0.2, 0.25) is 11.8 Å². The molecule has 41 heavy (non-hydrogen) atoms. The highest BCUT2D eigenvalue weighted by atomic mass is 35.5. The standard InChI is InChI=1S/C31H38ClN3O5S/c1-5-23(3)33-31(37)29(6-2)34(21-20-24-10-8-7-9-11-24)30(36)22-35(26-14-12-25(32)13-15-26)41(38,39)28-18-16-27(40-4)17-19-28/h7-19,23,29H,5-6,20-22H2,1-4H3,(H,33,37)/t23-,29-/m0/s1. The van der Waals surface area contributed by atoms with Crippen LogP contribution in [0.3, 0.4) is 0 Å². The predicted molar refractivity (Wildman–Crippen MR) is 163 cm³/mol. The number of ether oxygens (including phenoxy) is 1. The Labute approximate surface area is 248 Å². The van der Waals surface area contributed by atoms with Crippen molar-refractivity contribution >= 4 is 39.1 Å². The molecule has 2 atom stereocenters. The smallest absolute Gasteiger partial charge is 0.264 e. The van der Waals surface area contributed by atoms with E-state index in [4.69, 9.17) is 16.3 Å². The fraction of sp³-hybridized carbons (Fsp3) is 0.355. The maximum absolute atomic E-state index is 14.0. The Morgan fingerprint density at radius 3 is 2.12 bits per heavy atom. The van der Waals surface area contributed by atoms with E-state index in [2.05, 4.69) is 5.32 Å². The molecule has 1 N–H and O–H groups in total. The number of amides is 2. The number of carbonyl (C=O) groups excluding carboxylic acids is 2. The Balaban J connectivity index is 2.00. The van der Waals surface area contributed by atoms with Gasteiger partial charge >= 0.3 is 0 Å². The normalized spacial score (nSPS) is 12.7. The molecule has 0 heterocycles. The van der Waals surface area contributed by atoms with Gasteiger partial charge in [-0.1, -0.05) is 55.8 Å². The molecule has 10 heteroatoms. The summed E-state index contributed by atoms with van der Waals surface area (Å²) in [5, 5.41) is 3.41. The van der Waals surface area contributed by atoms with Crippen LogP contribution in [0.25, 0.3) is 0 Å². The predicted octanol–water partition coefficient (Wildman–Crippen LogP) is 5.31. The fourth-order valence-electron chi connectivity index (χ4n) is 4.35. The summed E-state index contributed by atoms with van der Waals surface area (Å²) in [5.41, 5.74) is 1.28. The molecule has 3 rings (SSSR count). The molecule has 3 aromatic rings. The maximum atomic E-state index is 14.0. The first-order valence-corrected chi connectivity index (χ1v) is 15.5. The molecule has 0 aliphatic carbocycles. The molecule has 0 saturated carbocycles. The monoisotopic (exact) mass is 599 g/mol. The van der Waals surface area contributed by atoms with E-state index >= 15 is 0 Å². The van der Waals surface area contributed by atoms with Crippen LogP contribution in [0.15, 0.2) is 83.8 Å². The number of methoxy groups -OCH3 is 1. The number of nitrogens with zero attached hydrogens (tertiary/aromatic N) is 2. The van der Waals surface area contributed by atoms with Crippen LogP contribution < -0.4 is 14.4 Å². The number of benzene rings is 3. The first kappa shape index (κ1) is 32.0. The second kappa shape index (κ2) is 14.9. The van der Waals surface area contributed by atoms with Gasteiger partial charge in [-0.2, -0.15) is 0 Å². The lowest BCUT2D eigenvalue weighted by molar-refractivity contribution is -0.139. The molecular formula is C31H38ClN3O5S. The van der Waals surface area contributed by atoms with E-state index in [-0.39, 0.29) is 29.1 Å². The van der Waals surface area contributed by atoms with E-state index in [0.29, 0.717) is 23.6 Å². The van der Waals surface area contributed by atoms with Gasteiger partial charge < -0.3 is 15.0 Å². The maximum Gasteiger partial charge on any atom is 0.264 e. The van der Waals surface area contributed by atoms with E-state index in [1.807, 2.05) is 51.1 Å². The second-order valence-corrected chi connectivity index (χ2v) is 12.0. The molecule has 0 bridgehead atoms. The molecule has 0 saturated heterocycles. The van der Waals surface area contributed by atoms with Crippen LogP contribution in [0.5, 0.6) is 5.75 Å². The second-order valence-electron chi connectivity index (χ2n) is 9.73. The number of rotatable bonds is 14. The number of carbonyl (C=O) groups is 2. The molecule has 0 radical (unpaired) electrons. The van der Waals surface area contributed by atoms with Crippen LogP contribution in [-0.2, 0) is 26.0 Å². The summed E-state index contributed by atoms with van der Waals surface area (Å²) in [7, 11) is -2.68. The molecule has 0 spiro atoms. The molecule has 8 nitrogen and oxygen atoms in total. The van der Waals surface area contributed by atoms with Gasteiger partial charge in [0.1, 0.15) is 18.3 Å². The molecule has 0 aromatic heterocycles. The third-order valence-electron chi connectivity index (χ3n) is 6.91. The average molecular weight is 600 g/mol. The van der Waals surface area contributed by atoms with E-state index < -0.39 is 28.5 Å². The number of anilines is 1. The van der Waals surface area contributed by atoms with Crippen LogP contribution in [0.1, 0.15) is 39.2 Å². The van der Waals surface area contributed by atoms with Crippen molar-refractivity contribution in [2.45, 2.75) is 57.0 Å². The SMILES string of the molecule is CC[C@H](C)NC(=O)[C@H](CC)N(CCc1ccccc1)C(=O)CN(c1ccc(Cl)cc1)S(=O)(=O)c1ccc(OC)cc1. The molecule has 0 fully saturated rings. The number of hydrogen-bond donors (Lipinski definition) is 1. The van der Waals surface area contributed by atoms with Gasteiger partial charge in [0.15, 0.2) is 0 Å². The van der Waals surface area contributed by atoms with E-state index in [1.165, 1.54) is 24.1 Å². The molecule has 3 aromatic carbocycles. The zero-order valence-corrected chi connectivity index (χ0v) is 25.5. The zero-order valence-electron chi connectivity index (χ0n) is 23.9. The Morgan fingerprint density at radius 2 is 1.56 bits per heavy atom. The highest BCUT2D eigenvalue weighted by molar-refractivity contribution is 7.92. The fourth-order valence-corrected chi connectivity index (χ4v) is 5.89. The summed E-state index contributed by atoms with van der Waals surface area (Å²) in [4.78, 5) is 28.9. The van der Waals surface area contributed by atoms with Gasteiger partial charge in [-0.05, 0) is 80.3 Å². The zero-order chi connectivity index (χ0) is 30.0. The number of hydrogen-bond acceptors (Lipinski definition) is 5. The first-order chi connectivity index (χ1) is 19.6. The van der Waals surface area contributed by atoms with E-state index in [1.54, 1.807) is 36.4 Å². The Kier molecular flexibility index (Phi) is 11.6. The number of sulfonamides is 1. The van der Waals surface area contributed by atoms with Crippen LogP contribution in [0.2, 0.25) is 5.02 Å². The Morgan fingerprint density at radius 1 is 0.927 bits per heavy atom. The minimum absolute atomic E-state index is 0.00144. The van der Waals surface area contributed by atoms with Crippen LogP contribution in [0, 0.1) is 0 Å². The van der Waals surface area contributed by atoms with Gasteiger partial charge in [-0.3, -0.25) is 13.9 Å². The Bertz CT molecular complexity index is 1380. The van der Waals surface area contributed by atoms with Crippen LogP contribution >= 0.6 is 11.6 Å². The van der Waals surface area contributed by atoms with E-state index in [0.717, 1.165) is 16.3 Å². The van der Waals surface area contributed by atoms with Crippen molar-refractivity contribution in [2.24, 2.45) is 0 Å². The highest BCUT2D eigenvalue weighted by Gasteiger charge is 2.33. The highest BCUT2D eigenvalue weighted by Crippen LogP contribution is 2.27. The largest absolute Gasteiger partial charge is 0.497 e. The third kappa shape index (κ3) is 8.47. The number of nitrogens with one attached hydrogen (secondary N) is 1. The molecule has 0 aliphatic rings. The summed E-state index contributed by atoms with van der Waals surface area (Å²) < 4.78 is 34.1. The first-order valence-electron chi connectivity index (χ1n) is 13.7. The van der Waals surface area contributed by atoms with Gasteiger partial charge in [0, 0.05) is 17.6 Å². The van der Waals surface area contributed by atoms with Crippen LogP contribution in [-0.4, -0.2) is 57.4 Å². The van der Waals surface area contributed by atoms with Gasteiger partial charge in [-0.15, -0.1) is 0 Å². The molecule has 220 valence electrons. The van der Waals surface area contributed by atoms with Crippen molar-refractivity contribution < 1.29 is 22.7 Å². The van der Waals surface area contributed by atoms with Crippen molar-refractivity contribution in [1.82, 2.24) is 10.2 Å². The summed E-state index contributed by atoms with van der Waals surface area (Å²) >= 11 is 6.08. The molecule has 0 aliphatic heterocycles. The minimum atomic E-state index is -4.18. The quantitative estimate of drug-likeness (QED) is 0.271. The average Bonchev–Trinajstić information content (AvgIpc) is 2.98. The van der Waals surface area contributed by atoms with Crippen LogP contribution in [0.4, 0.5) is 5.69 Å². The van der Waals surface area contributed by atoms with Gasteiger partial charge in [0.25, 0.3) is 10.0 Å². The lowest BCUT2D eigenvalue weighted by Crippen LogP contribution is -2.54. The summed E-state index contributed by atoms with van der Waals surface area (Å²) in [5.74, 6) is -0.248. The van der Waals surface area contributed by atoms with E-state index in [9.17, 15) is 18.0 Å². The lowest BCUT2D eigenvalue weighted by Gasteiger charge is -2.33. The lowest BCUT2D eigenvalue weighted by atomic mass is 10.1. The minimum Gasteiger partial charge on any atom is -0.497 e. The van der Waals surface area contributed by atoms with Crippen molar-refractivity contribution in [1.29, 1.82) is 0 Å². The summed E-state index contributed by atoms with van der Waals surface area (Å²) in [6, 6.07) is 21.0. The van der Waals surface area contributed by atoms with Crippen molar-refractivity contribution in [2.75, 3.05) is 24.5 Å². The molecule has 0 unspecified atom stereocenters. The van der Waals surface area contributed by atoms with Gasteiger partial charge in [0.05, 0.1) is 17.7 Å². The van der Waals surface area contributed by atoms with Gasteiger partial charge in [-0.25, -0.2) is 8.42 Å². The molecular weight excluding hydrogens is 562 g/mol. The molecule has 2 amide bonds. The van der Waals surface area contributed by atoms with Crippen molar-refractivity contribution in [3.63, 3.8) is 0 Å². The third-order valence-corrected chi connectivity index (χ3v) is 8.95. The van der Waals surface area contributed by atoms with Crippen molar-refractivity contribution in [3.05, 3.63) is 89.4 Å². The Hall–Kier alpha value is -3.56.